The average Bonchev–Trinajstić information content (AvgIpc) is 2.71. The van der Waals surface area contributed by atoms with E-state index < -0.39 is 0 Å². The van der Waals surface area contributed by atoms with E-state index in [-0.39, 0.29) is 18.2 Å². The van der Waals surface area contributed by atoms with Crippen molar-refractivity contribution in [1.29, 1.82) is 5.26 Å². The molecule has 0 bridgehead atoms. The zero-order valence-corrected chi connectivity index (χ0v) is 17.6. The summed E-state index contributed by atoms with van der Waals surface area (Å²) in [6, 6.07) is 16.2. The summed E-state index contributed by atoms with van der Waals surface area (Å²) in [6.07, 6.45) is 0.711. The van der Waals surface area contributed by atoms with Gasteiger partial charge in [-0.25, -0.2) is 4.39 Å². The highest BCUT2D eigenvalue weighted by Crippen LogP contribution is 2.29. The summed E-state index contributed by atoms with van der Waals surface area (Å²) in [4.78, 5) is 2.31. The number of hydrogen-bond acceptors (Lipinski definition) is 3. The Morgan fingerprint density at radius 3 is 2.04 bits per heavy atom. The Labute approximate surface area is 173 Å². The Kier molecular flexibility index (Phi) is 10.3. The van der Waals surface area contributed by atoms with Crippen molar-refractivity contribution in [3.63, 3.8) is 0 Å². The van der Waals surface area contributed by atoms with Crippen molar-refractivity contribution in [1.82, 2.24) is 4.90 Å². The van der Waals surface area contributed by atoms with Gasteiger partial charge in [0.2, 0.25) is 0 Å². The minimum Gasteiger partial charge on any atom is -0.492 e. The molecule has 0 saturated carbocycles. The number of nitrogens with zero attached hydrogens (tertiary/aromatic N) is 2. The molecule has 0 N–H and O–H groups in total. The van der Waals surface area contributed by atoms with Crippen LogP contribution in [0.1, 0.15) is 38.3 Å². The van der Waals surface area contributed by atoms with Crippen molar-refractivity contribution < 1.29 is 9.13 Å². The number of likely N-dealkylation sites (N-methyl/N-ethyl adjacent to an activating group) is 1. The molecule has 0 aliphatic rings. The van der Waals surface area contributed by atoms with Gasteiger partial charge in [0, 0.05) is 6.54 Å². The lowest BCUT2D eigenvalue weighted by atomic mass is 9.93. The maximum atomic E-state index is 13.2. The van der Waals surface area contributed by atoms with Crippen molar-refractivity contribution >= 4 is 23.6 Å². The quantitative estimate of drug-likeness (QED) is 0.392. The Morgan fingerprint density at radius 1 is 0.964 bits per heavy atom. The molecule has 0 fully saturated rings. The van der Waals surface area contributed by atoms with Gasteiger partial charge in [-0.2, -0.15) is 5.26 Å². The van der Waals surface area contributed by atoms with E-state index >= 15 is 0 Å². The second kappa shape index (κ2) is 12.2. The third kappa shape index (κ3) is 6.37. The second-order valence-electron chi connectivity index (χ2n) is 6.23. The van der Waals surface area contributed by atoms with Crippen LogP contribution in [0.5, 0.6) is 5.75 Å². The lowest BCUT2D eigenvalue weighted by molar-refractivity contribution is 0.223. The smallest absolute Gasteiger partial charge is 0.123 e. The van der Waals surface area contributed by atoms with Gasteiger partial charge in [-0.15, -0.1) is 12.4 Å². The maximum absolute atomic E-state index is 13.2. The predicted octanol–water partition coefficient (Wildman–Crippen LogP) is 5.81. The molecule has 3 nitrogen and oxygen atoms in total. The van der Waals surface area contributed by atoms with E-state index in [1.165, 1.54) is 12.1 Å². The molecule has 0 spiro atoms. The van der Waals surface area contributed by atoms with Crippen molar-refractivity contribution in [2.45, 2.75) is 27.2 Å². The molecule has 150 valence electrons. The molecule has 0 radical (unpaired) electrons. The molecule has 0 saturated heterocycles. The number of rotatable bonds is 9. The van der Waals surface area contributed by atoms with Gasteiger partial charge in [-0.1, -0.05) is 45.0 Å². The monoisotopic (exact) mass is 402 g/mol. The lowest BCUT2D eigenvalue weighted by Gasteiger charge is -2.18. The van der Waals surface area contributed by atoms with Gasteiger partial charge in [-0.05, 0) is 60.5 Å². The Balaban J connectivity index is 0.00000392. The lowest BCUT2D eigenvalue weighted by Crippen LogP contribution is -2.27. The Morgan fingerprint density at radius 2 is 1.54 bits per heavy atom. The summed E-state index contributed by atoms with van der Waals surface area (Å²) < 4.78 is 19.0. The first kappa shape index (κ1) is 23.7. The van der Waals surface area contributed by atoms with Crippen LogP contribution in [0.25, 0.3) is 11.1 Å². The summed E-state index contributed by atoms with van der Waals surface area (Å²) in [5.74, 6) is 0.516. The van der Waals surface area contributed by atoms with Crippen molar-refractivity contribution in [3.05, 3.63) is 65.5 Å². The van der Waals surface area contributed by atoms with E-state index in [0.717, 1.165) is 42.1 Å². The SMILES string of the molecule is CC/C(=C(\C#N)c1ccc(F)cc1)c1ccc(OCCN(CC)CC)cc1.Cl. The molecule has 0 aromatic heterocycles. The van der Waals surface area contributed by atoms with E-state index in [1.807, 2.05) is 31.2 Å². The van der Waals surface area contributed by atoms with Crippen molar-refractivity contribution in [2.24, 2.45) is 0 Å². The van der Waals surface area contributed by atoms with Gasteiger partial charge >= 0.3 is 0 Å². The predicted molar refractivity (Wildman–Crippen MR) is 116 cm³/mol. The minimum absolute atomic E-state index is 0. The molecule has 0 heterocycles. The molecule has 0 amide bonds. The standard InChI is InChI=1S/C23H27FN2O.ClH/c1-4-22(23(17-25)19-7-11-20(24)12-8-19)18-9-13-21(14-10-18)27-16-15-26(5-2)6-3;/h7-14H,4-6,15-16H2,1-3H3;1H/b23-22-;. The first-order valence-corrected chi connectivity index (χ1v) is 9.47. The topological polar surface area (TPSA) is 36.3 Å². The summed E-state index contributed by atoms with van der Waals surface area (Å²) in [7, 11) is 0. The zero-order chi connectivity index (χ0) is 19.6. The molecule has 2 aromatic carbocycles. The van der Waals surface area contributed by atoms with Crippen LogP contribution in [-0.4, -0.2) is 31.1 Å². The Bertz CT molecular complexity index is 791. The van der Waals surface area contributed by atoms with Crippen LogP contribution in [0.4, 0.5) is 4.39 Å². The van der Waals surface area contributed by atoms with Gasteiger partial charge in [0.05, 0.1) is 5.57 Å². The summed E-state index contributed by atoms with van der Waals surface area (Å²) in [6.45, 7) is 9.89. The molecule has 0 atom stereocenters. The molecule has 0 aliphatic carbocycles. The largest absolute Gasteiger partial charge is 0.492 e. The molecule has 2 aromatic rings. The summed E-state index contributed by atoms with van der Waals surface area (Å²) in [5, 5.41) is 9.65. The van der Waals surface area contributed by atoms with Crippen LogP contribution < -0.4 is 4.74 Å². The maximum Gasteiger partial charge on any atom is 0.123 e. The molecule has 2 rings (SSSR count). The van der Waals surface area contributed by atoms with Gasteiger partial charge in [-0.3, -0.25) is 0 Å². The van der Waals surface area contributed by atoms with Gasteiger partial charge in [0.25, 0.3) is 0 Å². The average molecular weight is 403 g/mol. The van der Waals surface area contributed by atoms with E-state index in [1.54, 1.807) is 12.1 Å². The molecule has 28 heavy (non-hydrogen) atoms. The third-order valence-electron chi connectivity index (χ3n) is 4.67. The van der Waals surface area contributed by atoms with E-state index in [9.17, 15) is 9.65 Å². The highest BCUT2D eigenvalue weighted by Gasteiger charge is 2.11. The van der Waals surface area contributed by atoms with Gasteiger partial charge in [0.1, 0.15) is 24.2 Å². The van der Waals surface area contributed by atoms with Gasteiger partial charge in [0.15, 0.2) is 0 Å². The van der Waals surface area contributed by atoms with Gasteiger partial charge < -0.3 is 9.64 Å². The van der Waals surface area contributed by atoms with Crippen molar-refractivity contribution in [3.8, 4) is 11.8 Å². The van der Waals surface area contributed by atoms with Crippen LogP contribution in [0.2, 0.25) is 0 Å². The highest BCUT2D eigenvalue weighted by atomic mass is 35.5. The van der Waals surface area contributed by atoms with Crippen LogP contribution in [0, 0.1) is 17.1 Å². The van der Waals surface area contributed by atoms with E-state index in [2.05, 4.69) is 24.8 Å². The van der Waals surface area contributed by atoms with Crippen LogP contribution in [-0.2, 0) is 0 Å². The van der Waals surface area contributed by atoms with Crippen LogP contribution in [0.15, 0.2) is 48.5 Å². The molecular weight excluding hydrogens is 375 g/mol. The summed E-state index contributed by atoms with van der Waals surface area (Å²) in [5.41, 5.74) is 3.23. The number of hydrogen-bond donors (Lipinski definition) is 0. The molecule has 5 heteroatoms. The normalized spacial score (nSPS) is 11.4. The highest BCUT2D eigenvalue weighted by molar-refractivity contribution is 5.97. The molecule has 0 unspecified atom stereocenters. The molecular formula is C23H28ClFN2O. The van der Waals surface area contributed by atoms with Crippen LogP contribution >= 0.6 is 12.4 Å². The number of allylic oxidation sites excluding steroid dienone is 2. The molecule has 0 aliphatic heterocycles. The fourth-order valence-corrected chi connectivity index (χ4v) is 3.03. The number of ether oxygens (including phenoxy) is 1. The third-order valence-corrected chi connectivity index (χ3v) is 4.67. The fraction of sp³-hybridized carbons (Fsp3) is 0.348. The number of benzene rings is 2. The number of halogens is 2. The number of nitriles is 1. The van der Waals surface area contributed by atoms with Crippen molar-refractivity contribution in [2.75, 3.05) is 26.2 Å². The van der Waals surface area contributed by atoms with Crippen LogP contribution in [0.3, 0.4) is 0 Å². The van der Waals surface area contributed by atoms with E-state index in [0.29, 0.717) is 18.6 Å². The zero-order valence-electron chi connectivity index (χ0n) is 16.7. The second-order valence-corrected chi connectivity index (χ2v) is 6.23. The minimum atomic E-state index is -0.305. The summed E-state index contributed by atoms with van der Waals surface area (Å²) >= 11 is 0. The van der Waals surface area contributed by atoms with E-state index in [4.69, 9.17) is 4.74 Å². The fourth-order valence-electron chi connectivity index (χ4n) is 3.03. The first-order chi connectivity index (χ1) is 13.1. The Hall–Kier alpha value is -2.35. The first-order valence-electron chi connectivity index (χ1n) is 9.47.